The summed E-state index contributed by atoms with van der Waals surface area (Å²) in [5.41, 5.74) is 3.91. The smallest absolute Gasteiger partial charge is 0.243 e. The molecule has 0 spiro atoms. The van der Waals surface area contributed by atoms with Crippen molar-refractivity contribution in [2.24, 2.45) is 0 Å². The van der Waals surface area contributed by atoms with Crippen molar-refractivity contribution in [2.75, 3.05) is 25.9 Å². The van der Waals surface area contributed by atoms with Crippen molar-refractivity contribution >= 4 is 30.9 Å². The highest BCUT2D eigenvalue weighted by Crippen LogP contribution is 2.33. The predicted octanol–water partition coefficient (Wildman–Crippen LogP) is 2.36. The van der Waals surface area contributed by atoms with E-state index in [1.165, 1.54) is 4.31 Å². The summed E-state index contributed by atoms with van der Waals surface area (Å²) in [7, 11) is -7.11. The van der Waals surface area contributed by atoms with Crippen LogP contribution in [-0.2, 0) is 26.5 Å². The number of nitrogens with one attached hydrogen (secondary N) is 2. The number of fused-ring (bicyclic) bond motifs is 3. The highest BCUT2D eigenvalue weighted by atomic mass is 32.2. The third kappa shape index (κ3) is 4.15. The highest BCUT2D eigenvalue weighted by Gasteiger charge is 2.33. The summed E-state index contributed by atoms with van der Waals surface area (Å²) < 4.78 is 54.1. The van der Waals surface area contributed by atoms with Gasteiger partial charge < -0.3 is 4.98 Å². The molecule has 160 valence electrons. The Morgan fingerprint density at radius 1 is 1.07 bits per heavy atom. The van der Waals surface area contributed by atoms with Crippen LogP contribution in [0.15, 0.2) is 53.4 Å². The maximum atomic E-state index is 13.3. The van der Waals surface area contributed by atoms with Crippen molar-refractivity contribution in [1.29, 1.82) is 0 Å². The minimum Gasteiger partial charge on any atom is -0.358 e. The molecule has 2 heterocycles. The van der Waals surface area contributed by atoms with Crippen LogP contribution in [0.5, 0.6) is 0 Å². The number of para-hydroxylation sites is 1. The second kappa shape index (κ2) is 7.81. The van der Waals surface area contributed by atoms with Crippen molar-refractivity contribution in [3.8, 4) is 0 Å². The van der Waals surface area contributed by atoms with E-state index in [1.807, 2.05) is 31.2 Å². The Labute approximate surface area is 177 Å². The number of nitrogens with zero attached hydrogens (tertiary/aromatic N) is 1. The summed E-state index contributed by atoms with van der Waals surface area (Å²) in [5, 5.41) is 1.05. The lowest BCUT2D eigenvalue weighted by Gasteiger charge is -2.24. The van der Waals surface area contributed by atoms with E-state index in [-0.39, 0.29) is 23.9 Å². The molecule has 9 heteroatoms. The molecular weight excluding hydrogens is 422 g/mol. The van der Waals surface area contributed by atoms with Crippen LogP contribution in [0.4, 0.5) is 0 Å². The van der Waals surface area contributed by atoms with Crippen molar-refractivity contribution in [1.82, 2.24) is 14.0 Å². The summed E-state index contributed by atoms with van der Waals surface area (Å²) in [5.74, 6) is -0.329. The summed E-state index contributed by atoms with van der Waals surface area (Å²) in [4.78, 5) is 3.65. The Hall–Kier alpha value is -2.20. The number of benzene rings is 2. The van der Waals surface area contributed by atoms with Gasteiger partial charge in [-0.3, -0.25) is 0 Å². The SMILES string of the molecule is Cc1ccc(S(=O)(=O)N2CCc3c([nH]c4ccccc34)C(CNS(C)(=O)=O)C2)cc1. The van der Waals surface area contributed by atoms with Crippen molar-refractivity contribution in [3.05, 3.63) is 65.4 Å². The van der Waals surface area contributed by atoms with Gasteiger partial charge in [0.2, 0.25) is 20.0 Å². The second-order valence-corrected chi connectivity index (χ2v) is 11.6. The first-order valence-corrected chi connectivity index (χ1v) is 13.1. The normalized spacial score (nSPS) is 18.3. The fourth-order valence-electron chi connectivity index (χ4n) is 4.00. The minimum atomic E-state index is -3.70. The van der Waals surface area contributed by atoms with E-state index in [1.54, 1.807) is 24.3 Å². The summed E-state index contributed by atoms with van der Waals surface area (Å²) in [6.45, 7) is 2.56. The largest absolute Gasteiger partial charge is 0.358 e. The summed E-state index contributed by atoms with van der Waals surface area (Å²) in [6.07, 6.45) is 1.66. The second-order valence-electron chi connectivity index (χ2n) is 7.81. The number of hydrogen-bond donors (Lipinski definition) is 2. The minimum absolute atomic E-state index is 0.124. The van der Waals surface area contributed by atoms with E-state index in [9.17, 15) is 16.8 Å². The number of sulfonamides is 2. The number of aryl methyl sites for hydroxylation is 1. The van der Waals surface area contributed by atoms with E-state index in [2.05, 4.69) is 9.71 Å². The fraction of sp³-hybridized carbons (Fsp3) is 0.333. The number of aromatic nitrogens is 1. The van der Waals surface area contributed by atoms with E-state index < -0.39 is 20.0 Å². The quantitative estimate of drug-likeness (QED) is 0.627. The van der Waals surface area contributed by atoms with Crippen molar-refractivity contribution in [2.45, 2.75) is 24.2 Å². The molecule has 30 heavy (non-hydrogen) atoms. The van der Waals surface area contributed by atoms with E-state index >= 15 is 0 Å². The molecule has 7 nitrogen and oxygen atoms in total. The van der Waals surface area contributed by atoms with Crippen LogP contribution in [0.1, 0.15) is 22.7 Å². The van der Waals surface area contributed by atoms with Crippen LogP contribution in [0.25, 0.3) is 10.9 Å². The van der Waals surface area contributed by atoms with Crippen LogP contribution in [0.2, 0.25) is 0 Å². The monoisotopic (exact) mass is 447 g/mol. The molecule has 1 aliphatic heterocycles. The van der Waals surface area contributed by atoms with Crippen LogP contribution in [0.3, 0.4) is 0 Å². The molecule has 3 aromatic rings. The standard InChI is InChI=1S/C21H25N3O4S2/c1-15-7-9-17(10-8-15)30(27,28)24-12-11-19-18-5-3-4-6-20(18)23-21(19)16(14-24)13-22-29(2,25)26/h3-10,16,22-23H,11-14H2,1-2H3. The van der Waals surface area contributed by atoms with Gasteiger partial charge in [0.05, 0.1) is 11.2 Å². The van der Waals surface area contributed by atoms with E-state index in [4.69, 9.17) is 0 Å². The Kier molecular flexibility index (Phi) is 5.48. The first kappa shape index (κ1) is 21.0. The molecule has 1 aliphatic rings. The van der Waals surface area contributed by atoms with Gasteiger partial charge in [0.25, 0.3) is 0 Å². The fourth-order valence-corrected chi connectivity index (χ4v) is 5.99. The lowest BCUT2D eigenvalue weighted by Crippen LogP contribution is -2.38. The van der Waals surface area contributed by atoms with Gasteiger partial charge >= 0.3 is 0 Å². The van der Waals surface area contributed by atoms with Gasteiger partial charge in [-0.15, -0.1) is 0 Å². The zero-order chi connectivity index (χ0) is 21.5. The summed E-state index contributed by atoms with van der Waals surface area (Å²) in [6, 6.07) is 14.7. The average Bonchev–Trinajstić information content (AvgIpc) is 2.95. The molecule has 1 unspecified atom stereocenters. The first-order valence-electron chi connectivity index (χ1n) is 9.76. The van der Waals surface area contributed by atoms with Gasteiger partial charge in [0.1, 0.15) is 0 Å². The van der Waals surface area contributed by atoms with Crippen LogP contribution in [-0.4, -0.2) is 52.0 Å². The molecule has 0 amide bonds. The highest BCUT2D eigenvalue weighted by molar-refractivity contribution is 7.89. The number of H-pyrrole nitrogens is 1. The Morgan fingerprint density at radius 2 is 1.77 bits per heavy atom. The van der Waals surface area contributed by atoms with Crippen LogP contribution < -0.4 is 4.72 Å². The maximum Gasteiger partial charge on any atom is 0.243 e. The molecule has 4 rings (SSSR count). The van der Waals surface area contributed by atoms with Gasteiger partial charge in [-0.1, -0.05) is 35.9 Å². The topological polar surface area (TPSA) is 99.3 Å². The van der Waals surface area contributed by atoms with Gasteiger partial charge in [0.15, 0.2) is 0 Å². The van der Waals surface area contributed by atoms with Crippen molar-refractivity contribution < 1.29 is 16.8 Å². The number of rotatable bonds is 5. The Morgan fingerprint density at radius 3 is 2.47 bits per heavy atom. The van der Waals surface area contributed by atoms with Gasteiger partial charge in [0, 0.05) is 42.1 Å². The maximum absolute atomic E-state index is 13.3. The molecule has 0 fully saturated rings. The third-order valence-corrected chi connectivity index (χ3v) is 8.11. The molecule has 1 atom stereocenters. The zero-order valence-electron chi connectivity index (χ0n) is 16.9. The van der Waals surface area contributed by atoms with Crippen LogP contribution in [0, 0.1) is 6.92 Å². The molecular formula is C21H25N3O4S2. The molecule has 0 aliphatic carbocycles. The van der Waals surface area contributed by atoms with E-state index in [0.717, 1.165) is 34.0 Å². The lowest BCUT2D eigenvalue weighted by atomic mass is 10.00. The molecule has 1 aromatic heterocycles. The molecule has 2 N–H and O–H groups in total. The first-order chi connectivity index (χ1) is 14.1. The van der Waals surface area contributed by atoms with E-state index in [0.29, 0.717) is 13.0 Å². The lowest BCUT2D eigenvalue weighted by molar-refractivity contribution is 0.395. The van der Waals surface area contributed by atoms with Gasteiger partial charge in [-0.25, -0.2) is 21.6 Å². The molecule has 0 bridgehead atoms. The molecule has 0 radical (unpaired) electrons. The number of hydrogen-bond acceptors (Lipinski definition) is 4. The summed E-state index contributed by atoms with van der Waals surface area (Å²) >= 11 is 0. The third-order valence-electron chi connectivity index (χ3n) is 5.54. The average molecular weight is 448 g/mol. The number of aromatic amines is 1. The molecule has 0 saturated heterocycles. The van der Waals surface area contributed by atoms with Crippen LogP contribution >= 0.6 is 0 Å². The van der Waals surface area contributed by atoms with Crippen molar-refractivity contribution in [3.63, 3.8) is 0 Å². The van der Waals surface area contributed by atoms with Gasteiger partial charge in [-0.05, 0) is 37.1 Å². The Balaban J connectivity index is 1.74. The predicted molar refractivity (Wildman–Crippen MR) is 118 cm³/mol. The molecule has 0 saturated carbocycles. The van der Waals surface area contributed by atoms with Gasteiger partial charge in [-0.2, -0.15) is 4.31 Å². The Bertz CT molecular complexity index is 1280. The molecule has 2 aromatic carbocycles. The zero-order valence-corrected chi connectivity index (χ0v) is 18.6.